The molecule has 1 saturated heterocycles. The lowest BCUT2D eigenvalue weighted by atomic mass is 9.97. The molecule has 2 aromatic carbocycles. The van der Waals surface area contributed by atoms with Crippen molar-refractivity contribution in [2.75, 3.05) is 30.3 Å². The molecule has 0 atom stereocenters. The van der Waals surface area contributed by atoms with E-state index in [4.69, 9.17) is 4.74 Å². The van der Waals surface area contributed by atoms with E-state index in [1.54, 1.807) is 11.0 Å². The molecule has 2 aromatic rings. The Kier molecular flexibility index (Phi) is 6.84. The SMILES string of the molecule is Cc1cccc(NC(=O)COC(=O)C2CCN(C(=O)Nc3ccccc3)CC2)c1. The third-order valence-electron chi connectivity index (χ3n) is 4.79. The number of anilines is 2. The van der Waals surface area contributed by atoms with E-state index in [2.05, 4.69) is 10.6 Å². The first kappa shape index (κ1) is 20.4. The highest BCUT2D eigenvalue weighted by atomic mass is 16.5. The number of esters is 1. The van der Waals surface area contributed by atoms with Crippen molar-refractivity contribution in [3.05, 3.63) is 60.2 Å². The average molecular weight is 395 g/mol. The number of nitrogens with zero attached hydrogens (tertiary/aromatic N) is 1. The standard InChI is InChI=1S/C22H25N3O4/c1-16-6-5-9-19(14-16)23-20(26)15-29-21(27)17-10-12-25(13-11-17)22(28)24-18-7-3-2-4-8-18/h2-9,14,17H,10-13,15H2,1H3,(H,23,26)(H,24,28). The van der Waals surface area contributed by atoms with Crippen LogP contribution in [-0.4, -0.2) is 42.5 Å². The fourth-order valence-electron chi connectivity index (χ4n) is 3.22. The van der Waals surface area contributed by atoms with E-state index in [1.807, 2.05) is 55.5 Å². The number of hydrogen-bond acceptors (Lipinski definition) is 4. The number of likely N-dealkylation sites (tertiary alicyclic amines) is 1. The van der Waals surface area contributed by atoms with Gasteiger partial charge < -0.3 is 20.3 Å². The quantitative estimate of drug-likeness (QED) is 0.760. The number of hydrogen-bond donors (Lipinski definition) is 2. The van der Waals surface area contributed by atoms with Crippen molar-refractivity contribution in [2.24, 2.45) is 5.92 Å². The number of piperidine rings is 1. The molecule has 0 aliphatic carbocycles. The molecule has 2 N–H and O–H groups in total. The number of carbonyl (C=O) groups excluding carboxylic acids is 3. The van der Waals surface area contributed by atoms with Crippen molar-refractivity contribution in [3.63, 3.8) is 0 Å². The highest BCUT2D eigenvalue weighted by Crippen LogP contribution is 2.20. The Balaban J connectivity index is 1.39. The van der Waals surface area contributed by atoms with Gasteiger partial charge in [-0.05, 0) is 49.6 Å². The second-order valence-electron chi connectivity index (χ2n) is 7.08. The highest BCUT2D eigenvalue weighted by Gasteiger charge is 2.28. The number of ether oxygens (including phenoxy) is 1. The molecule has 1 heterocycles. The van der Waals surface area contributed by atoms with Gasteiger partial charge in [0.25, 0.3) is 5.91 Å². The largest absolute Gasteiger partial charge is 0.455 e. The van der Waals surface area contributed by atoms with Crippen LogP contribution >= 0.6 is 0 Å². The second-order valence-corrected chi connectivity index (χ2v) is 7.08. The summed E-state index contributed by atoms with van der Waals surface area (Å²) in [6.07, 6.45) is 1.03. The third kappa shape index (κ3) is 6.07. The van der Waals surface area contributed by atoms with E-state index in [0.29, 0.717) is 31.6 Å². The molecule has 0 unspecified atom stereocenters. The molecular weight excluding hydrogens is 370 g/mol. The minimum atomic E-state index is -0.396. The van der Waals surface area contributed by atoms with Crippen LogP contribution < -0.4 is 10.6 Å². The van der Waals surface area contributed by atoms with Gasteiger partial charge in [0.2, 0.25) is 0 Å². The molecular formula is C22H25N3O4. The third-order valence-corrected chi connectivity index (χ3v) is 4.79. The Morgan fingerprint density at radius 3 is 2.34 bits per heavy atom. The monoisotopic (exact) mass is 395 g/mol. The molecule has 7 heteroatoms. The first-order chi connectivity index (χ1) is 14.0. The van der Waals surface area contributed by atoms with Gasteiger partial charge in [0.05, 0.1) is 5.92 Å². The van der Waals surface area contributed by atoms with Gasteiger partial charge >= 0.3 is 12.0 Å². The van der Waals surface area contributed by atoms with E-state index in [-0.39, 0.29) is 24.5 Å². The number of nitrogens with one attached hydrogen (secondary N) is 2. The van der Waals surface area contributed by atoms with Crippen molar-refractivity contribution in [2.45, 2.75) is 19.8 Å². The lowest BCUT2D eigenvalue weighted by Crippen LogP contribution is -2.43. The maximum absolute atomic E-state index is 12.3. The van der Waals surface area contributed by atoms with E-state index >= 15 is 0 Å². The van der Waals surface area contributed by atoms with Crippen LogP contribution in [-0.2, 0) is 14.3 Å². The molecule has 7 nitrogen and oxygen atoms in total. The summed E-state index contributed by atoms with van der Waals surface area (Å²) in [7, 11) is 0. The highest BCUT2D eigenvalue weighted by molar-refractivity contribution is 5.93. The first-order valence-corrected chi connectivity index (χ1v) is 9.65. The van der Waals surface area contributed by atoms with Crippen LogP contribution in [0.5, 0.6) is 0 Å². The van der Waals surface area contributed by atoms with Crippen LogP contribution in [0.15, 0.2) is 54.6 Å². The van der Waals surface area contributed by atoms with Gasteiger partial charge in [-0.15, -0.1) is 0 Å². The number of amides is 3. The minimum Gasteiger partial charge on any atom is -0.455 e. The van der Waals surface area contributed by atoms with E-state index in [9.17, 15) is 14.4 Å². The normalized spacial score (nSPS) is 14.2. The Labute approximate surface area is 170 Å². The van der Waals surface area contributed by atoms with Crippen molar-refractivity contribution in [1.82, 2.24) is 4.90 Å². The van der Waals surface area contributed by atoms with Gasteiger partial charge in [0, 0.05) is 24.5 Å². The van der Waals surface area contributed by atoms with Crippen molar-refractivity contribution in [3.8, 4) is 0 Å². The number of benzene rings is 2. The Bertz CT molecular complexity index is 861. The summed E-state index contributed by atoms with van der Waals surface area (Å²) in [5.41, 5.74) is 2.44. The molecule has 3 amide bonds. The molecule has 1 fully saturated rings. The Hall–Kier alpha value is -3.35. The van der Waals surface area contributed by atoms with E-state index in [1.165, 1.54) is 0 Å². The molecule has 0 bridgehead atoms. The van der Waals surface area contributed by atoms with E-state index in [0.717, 1.165) is 11.3 Å². The van der Waals surface area contributed by atoms with Gasteiger partial charge in [-0.3, -0.25) is 9.59 Å². The van der Waals surface area contributed by atoms with Gasteiger partial charge in [0.1, 0.15) is 0 Å². The smallest absolute Gasteiger partial charge is 0.321 e. The summed E-state index contributed by atoms with van der Waals surface area (Å²) in [6, 6.07) is 16.5. The minimum absolute atomic E-state index is 0.180. The van der Waals surface area contributed by atoms with Gasteiger partial charge in [-0.1, -0.05) is 30.3 Å². The maximum Gasteiger partial charge on any atom is 0.321 e. The molecule has 0 saturated carbocycles. The first-order valence-electron chi connectivity index (χ1n) is 9.65. The Morgan fingerprint density at radius 2 is 1.66 bits per heavy atom. The molecule has 29 heavy (non-hydrogen) atoms. The molecule has 0 radical (unpaired) electrons. The fourth-order valence-corrected chi connectivity index (χ4v) is 3.22. The summed E-state index contributed by atoms with van der Waals surface area (Å²) in [5, 5.41) is 5.55. The van der Waals surface area contributed by atoms with Crippen LogP contribution in [0.3, 0.4) is 0 Å². The van der Waals surface area contributed by atoms with Crippen molar-refractivity contribution in [1.29, 1.82) is 0 Å². The number of aryl methyl sites for hydroxylation is 1. The van der Waals surface area contributed by atoms with Crippen LogP contribution in [0, 0.1) is 12.8 Å². The lowest BCUT2D eigenvalue weighted by molar-refractivity contribution is -0.152. The topological polar surface area (TPSA) is 87.7 Å². The maximum atomic E-state index is 12.3. The van der Waals surface area contributed by atoms with Gasteiger partial charge in [-0.2, -0.15) is 0 Å². The molecule has 0 spiro atoms. The zero-order valence-electron chi connectivity index (χ0n) is 16.4. The Morgan fingerprint density at radius 1 is 0.966 bits per heavy atom. The number of rotatable bonds is 5. The number of urea groups is 1. The van der Waals surface area contributed by atoms with Crippen LogP contribution in [0.4, 0.5) is 16.2 Å². The molecule has 152 valence electrons. The van der Waals surface area contributed by atoms with Crippen LogP contribution in [0.2, 0.25) is 0 Å². The van der Waals surface area contributed by atoms with Crippen molar-refractivity contribution < 1.29 is 19.1 Å². The predicted molar refractivity (Wildman–Crippen MR) is 111 cm³/mol. The number of para-hydroxylation sites is 1. The predicted octanol–water partition coefficient (Wildman–Crippen LogP) is 3.42. The number of carbonyl (C=O) groups is 3. The van der Waals surface area contributed by atoms with Gasteiger partial charge in [0.15, 0.2) is 6.61 Å². The summed E-state index contributed by atoms with van der Waals surface area (Å²) in [5.74, 6) is -1.07. The fraction of sp³-hybridized carbons (Fsp3) is 0.318. The summed E-state index contributed by atoms with van der Waals surface area (Å²) in [4.78, 5) is 38.2. The summed E-state index contributed by atoms with van der Waals surface area (Å²) >= 11 is 0. The van der Waals surface area contributed by atoms with Crippen LogP contribution in [0.1, 0.15) is 18.4 Å². The molecule has 1 aliphatic heterocycles. The zero-order valence-corrected chi connectivity index (χ0v) is 16.4. The molecule has 3 rings (SSSR count). The second kappa shape index (κ2) is 9.73. The summed E-state index contributed by atoms with van der Waals surface area (Å²) in [6.45, 7) is 2.55. The molecule has 0 aromatic heterocycles. The van der Waals surface area contributed by atoms with Gasteiger partial charge in [-0.25, -0.2) is 4.79 Å². The molecule has 1 aliphatic rings. The van der Waals surface area contributed by atoms with Crippen LogP contribution in [0.25, 0.3) is 0 Å². The lowest BCUT2D eigenvalue weighted by Gasteiger charge is -2.30. The van der Waals surface area contributed by atoms with E-state index < -0.39 is 5.97 Å². The summed E-state index contributed by atoms with van der Waals surface area (Å²) < 4.78 is 5.17. The van der Waals surface area contributed by atoms with Crippen molar-refractivity contribution >= 4 is 29.3 Å². The average Bonchev–Trinajstić information content (AvgIpc) is 2.73. The zero-order chi connectivity index (χ0) is 20.6.